The average molecular weight is 342 g/mol. The smallest absolute Gasteiger partial charge is 0.337 e. The molecule has 0 unspecified atom stereocenters. The summed E-state index contributed by atoms with van der Waals surface area (Å²) in [4.78, 5) is 14.8. The number of halogens is 1. The van der Waals surface area contributed by atoms with Gasteiger partial charge in [0, 0.05) is 18.9 Å². The van der Waals surface area contributed by atoms with Crippen LogP contribution in [-0.2, 0) is 16.6 Å². The summed E-state index contributed by atoms with van der Waals surface area (Å²) in [5.74, 6) is -1.30. The lowest BCUT2D eigenvalue weighted by molar-refractivity contribution is 0.0697. The van der Waals surface area contributed by atoms with E-state index >= 15 is 0 Å². The number of hydrogen-bond donors (Lipinski definition) is 3. The fraction of sp³-hybridized carbons (Fsp3) is 0.0769. The van der Waals surface area contributed by atoms with Crippen LogP contribution in [0.4, 0.5) is 5.69 Å². The zero-order valence-corrected chi connectivity index (χ0v) is 12.7. The van der Waals surface area contributed by atoms with Gasteiger partial charge in [0.25, 0.3) is 0 Å². The molecule has 1 aromatic carbocycles. The van der Waals surface area contributed by atoms with Crippen LogP contribution in [0.2, 0.25) is 5.02 Å². The number of nitrogens with zero attached hydrogens (tertiary/aromatic N) is 1. The van der Waals surface area contributed by atoms with Crippen molar-refractivity contribution in [2.75, 3.05) is 5.32 Å². The molecule has 0 aliphatic heterocycles. The fourth-order valence-electron chi connectivity index (χ4n) is 1.79. The van der Waals surface area contributed by atoms with E-state index in [2.05, 4.69) is 10.3 Å². The van der Waals surface area contributed by atoms with E-state index in [1.54, 1.807) is 24.5 Å². The van der Waals surface area contributed by atoms with Crippen molar-refractivity contribution in [3.05, 3.63) is 52.8 Å². The molecule has 0 fully saturated rings. The first-order valence-electron chi connectivity index (χ1n) is 6.01. The van der Waals surface area contributed by atoms with Gasteiger partial charge in [0.15, 0.2) is 0 Å². The molecule has 0 aliphatic rings. The SMILES string of the molecule is NS(=O)(=O)c1cc(C(=O)O)c(NCc2cccnc2)cc1Cl. The lowest BCUT2D eigenvalue weighted by atomic mass is 10.1. The van der Waals surface area contributed by atoms with Crippen LogP contribution in [0.3, 0.4) is 0 Å². The molecule has 0 atom stereocenters. The number of carboxylic acids is 1. The van der Waals surface area contributed by atoms with Crippen LogP contribution in [0.15, 0.2) is 41.6 Å². The minimum absolute atomic E-state index is 0.152. The van der Waals surface area contributed by atoms with Gasteiger partial charge in [-0.3, -0.25) is 4.98 Å². The first-order valence-corrected chi connectivity index (χ1v) is 7.94. The number of nitrogens with two attached hydrogens (primary N) is 1. The van der Waals surface area contributed by atoms with Gasteiger partial charge in [-0.15, -0.1) is 0 Å². The standard InChI is InChI=1S/C13H12ClN3O4S/c14-10-5-11(17-7-8-2-1-3-16-6-8)9(13(18)19)4-12(10)22(15,20)21/h1-6,17H,7H2,(H,18,19)(H2,15,20,21). The van der Waals surface area contributed by atoms with Gasteiger partial charge < -0.3 is 10.4 Å². The van der Waals surface area contributed by atoms with Gasteiger partial charge in [-0.2, -0.15) is 0 Å². The van der Waals surface area contributed by atoms with Crippen molar-refractivity contribution in [2.45, 2.75) is 11.4 Å². The molecule has 0 aliphatic carbocycles. The highest BCUT2D eigenvalue weighted by molar-refractivity contribution is 7.89. The highest BCUT2D eigenvalue weighted by atomic mass is 35.5. The number of hydrogen-bond acceptors (Lipinski definition) is 5. The second kappa shape index (κ2) is 6.30. The van der Waals surface area contributed by atoms with Crippen LogP contribution in [-0.4, -0.2) is 24.5 Å². The minimum Gasteiger partial charge on any atom is -0.478 e. The predicted molar refractivity (Wildman–Crippen MR) is 81.3 cm³/mol. The summed E-state index contributed by atoms with van der Waals surface area (Å²) < 4.78 is 22.8. The van der Waals surface area contributed by atoms with Gasteiger partial charge in [-0.1, -0.05) is 17.7 Å². The maximum absolute atomic E-state index is 11.4. The van der Waals surface area contributed by atoms with Gasteiger partial charge in [0.2, 0.25) is 10.0 Å². The van der Waals surface area contributed by atoms with E-state index in [1.807, 2.05) is 0 Å². The summed E-state index contributed by atoms with van der Waals surface area (Å²) in [7, 11) is -4.11. The fourth-order valence-corrected chi connectivity index (χ4v) is 2.89. The molecule has 9 heteroatoms. The molecule has 4 N–H and O–H groups in total. The van der Waals surface area contributed by atoms with Crippen LogP contribution < -0.4 is 10.5 Å². The van der Waals surface area contributed by atoms with Gasteiger partial charge in [0.05, 0.1) is 16.3 Å². The number of pyridine rings is 1. The Hall–Kier alpha value is -2.16. The van der Waals surface area contributed by atoms with Crippen LogP contribution in [0.25, 0.3) is 0 Å². The number of aromatic carboxylic acids is 1. The van der Waals surface area contributed by atoms with E-state index in [1.165, 1.54) is 6.07 Å². The Labute approximate surface area is 131 Å². The molecule has 2 aromatic rings. The van der Waals surface area contributed by atoms with E-state index in [0.717, 1.165) is 11.6 Å². The molecule has 1 heterocycles. The van der Waals surface area contributed by atoms with Gasteiger partial charge >= 0.3 is 5.97 Å². The van der Waals surface area contributed by atoms with E-state index in [9.17, 15) is 18.3 Å². The lowest BCUT2D eigenvalue weighted by Crippen LogP contribution is -2.15. The third-order valence-corrected chi connectivity index (χ3v) is 4.19. The number of nitrogens with one attached hydrogen (secondary N) is 1. The maximum Gasteiger partial charge on any atom is 0.337 e. The van der Waals surface area contributed by atoms with Crippen molar-refractivity contribution in [2.24, 2.45) is 5.14 Å². The Balaban J connectivity index is 2.39. The molecule has 0 radical (unpaired) electrons. The Morgan fingerprint density at radius 1 is 1.41 bits per heavy atom. The van der Waals surface area contributed by atoms with Crippen LogP contribution in [0, 0.1) is 0 Å². The Kier molecular flexibility index (Phi) is 4.65. The van der Waals surface area contributed by atoms with E-state index in [4.69, 9.17) is 16.7 Å². The van der Waals surface area contributed by atoms with Gasteiger partial charge in [-0.25, -0.2) is 18.4 Å². The van der Waals surface area contributed by atoms with Crippen molar-refractivity contribution >= 4 is 33.3 Å². The molecule has 7 nitrogen and oxygen atoms in total. The monoisotopic (exact) mass is 341 g/mol. The zero-order valence-electron chi connectivity index (χ0n) is 11.2. The van der Waals surface area contributed by atoms with Crippen LogP contribution in [0.5, 0.6) is 0 Å². The molecule has 22 heavy (non-hydrogen) atoms. The molecule has 0 bridgehead atoms. The van der Waals surface area contributed by atoms with E-state index in [-0.39, 0.29) is 16.3 Å². The third kappa shape index (κ3) is 3.73. The van der Waals surface area contributed by atoms with Crippen LogP contribution in [0.1, 0.15) is 15.9 Å². The van der Waals surface area contributed by atoms with Crippen molar-refractivity contribution in [1.82, 2.24) is 4.98 Å². The second-order valence-electron chi connectivity index (χ2n) is 4.39. The zero-order chi connectivity index (χ0) is 16.3. The maximum atomic E-state index is 11.4. The number of anilines is 1. The molecular formula is C13H12ClN3O4S. The molecule has 116 valence electrons. The average Bonchev–Trinajstić information content (AvgIpc) is 2.44. The summed E-state index contributed by atoms with van der Waals surface area (Å²) in [6.07, 6.45) is 3.23. The predicted octanol–water partition coefficient (Wildman–Crippen LogP) is 1.69. The van der Waals surface area contributed by atoms with Gasteiger partial charge in [0.1, 0.15) is 4.90 Å². The summed E-state index contributed by atoms with van der Waals surface area (Å²) in [5, 5.41) is 17.0. The van der Waals surface area contributed by atoms with Crippen molar-refractivity contribution in [3.8, 4) is 0 Å². The summed E-state index contributed by atoms with van der Waals surface area (Å²) in [6.45, 7) is 0.305. The molecule has 0 saturated heterocycles. The highest BCUT2D eigenvalue weighted by Crippen LogP contribution is 2.28. The molecule has 0 saturated carbocycles. The summed E-state index contributed by atoms with van der Waals surface area (Å²) in [5.41, 5.74) is 0.775. The quantitative estimate of drug-likeness (QED) is 0.760. The Morgan fingerprint density at radius 2 is 2.14 bits per heavy atom. The summed E-state index contributed by atoms with van der Waals surface area (Å²) >= 11 is 5.87. The number of rotatable bonds is 5. The Morgan fingerprint density at radius 3 is 2.68 bits per heavy atom. The molecule has 0 amide bonds. The highest BCUT2D eigenvalue weighted by Gasteiger charge is 2.20. The summed E-state index contributed by atoms with van der Waals surface area (Å²) in [6, 6.07) is 5.71. The minimum atomic E-state index is -4.11. The molecule has 0 spiro atoms. The Bertz CT molecular complexity index is 810. The lowest BCUT2D eigenvalue weighted by Gasteiger charge is -2.12. The van der Waals surface area contributed by atoms with E-state index in [0.29, 0.717) is 6.54 Å². The first kappa shape index (κ1) is 16.2. The van der Waals surface area contributed by atoms with Crippen LogP contribution >= 0.6 is 11.6 Å². The molecular weight excluding hydrogens is 330 g/mol. The van der Waals surface area contributed by atoms with Gasteiger partial charge in [-0.05, 0) is 23.8 Å². The second-order valence-corrected chi connectivity index (χ2v) is 6.33. The number of carboxylic acid groups (broad SMARTS) is 1. The topological polar surface area (TPSA) is 122 Å². The van der Waals surface area contributed by atoms with Crippen molar-refractivity contribution < 1.29 is 18.3 Å². The molecule has 2 rings (SSSR count). The first-order chi connectivity index (χ1) is 10.3. The number of sulfonamides is 1. The normalized spacial score (nSPS) is 11.2. The number of primary sulfonamides is 1. The number of benzene rings is 1. The van der Waals surface area contributed by atoms with E-state index < -0.39 is 20.9 Å². The number of aromatic nitrogens is 1. The van der Waals surface area contributed by atoms with Crippen molar-refractivity contribution in [1.29, 1.82) is 0 Å². The molecule has 1 aromatic heterocycles. The largest absolute Gasteiger partial charge is 0.478 e. The van der Waals surface area contributed by atoms with Crippen molar-refractivity contribution in [3.63, 3.8) is 0 Å². The number of carbonyl (C=O) groups is 1. The third-order valence-electron chi connectivity index (χ3n) is 2.81.